The van der Waals surface area contributed by atoms with Crippen LogP contribution in [0.15, 0.2) is 47.5 Å². The SMILES string of the molecule is COc1ncccc1CSc1cccc(N)c1. The molecule has 2 aromatic rings. The summed E-state index contributed by atoms with van der Waals surface area (Å²) in [6, 6.07) is 11.8. The number of aromatic nitrogens is 1. The molecule has 0 aliphatic carbocycles. The van der Waals surface area contributed by atoms with Gasteiger partial charge in [0.1, 0.15) is 0 Å². The highest BCUT2D eigenvalue weighted by atomic mass is 32.2. The van der Waals surface area contributed by atoms with Gasteiger partial charge in [0.05, 0.1) is 7.11 Å². The van der Waals surface area contributed by atoms with E-state index in [0.29, 0.717) is 5.88 Å². The standard InChI is InChI=1S/C13H14N2OS/c1-16-13-10(4-3-7-15-13)9-17-12-6-2-5-11(14)8-12/h2-8H,9,14H2,1H3. The third-order valence-corrected chi connectivity index (χ3v) is 3.34. The van der Waals surface area contributed by atoms with E-state index in [1.165, 1.54) is 0 Å². The Hall–Kier alpha value is -1.68. The van der Waals surface area contributed by atoms with E-state index in [0.717, 1.165) is 21.9 Å². The molecular weight excluding hydrogens is 232 g/mol. The van der Waals surface area contributed by atoms with Crippen LogP contribution in [0.3, 0.4) is 0 Å². The van der Waals surface area contributed by atoms with Crippen LogP contribution in [-0.2, 0) is 5.75 Å². The van der Waals surface area contributed by atoms with E-state index in [9.17, 15) is 0 Å². The van der Waals surface area contributed by atoms with E-state index < -0.39 is 0 Å². The molecule has 1 heterocycles. The molecule has 0 fully saturated rings. The predicted octanol–water partition coefficient (Wildman–Crippen LogP) is 2.96. The summed E-state index contributed by atoms with van der Waals surface area (Å²) in [6.07, 6.45) is 1.73. The number of pyridine rings is 1. The van der Waals surface area contributed by atoms with Crippen LogP contribution in [0, 0.1) is 0 Å². The Morgan fingerprint density at radius 3 is 2.94 bits per heavy atom. The van der Waals surface area contributed by atoms with Crippen molar-refractivity contribution in [2.45, 2.75) is 10.6 Å². The molecule has 1 aromatic heterocycles. The normalized spacial score (nSPS) is 10.2. The second kappa shape index (κ2) is 5.59. The van der Waals surface area contributed by atoms with Crippen LogP contribution >= 0.6 is 11.8 Å². The zero-order chi connectivity index (χ0) is 12.1. The van der Waals surface area contributed by atoms with Crippen molar-refractivity contribution in [2.75, 3.05) is 12.8 Å². The molecule has 2 N–H and O–H groups in total. The van der Waals surface area contributed by atoms with Gasteiger partial charge in [-0.1, -0.05) is 12.1 Å². The number of anilines is 1. The molecule has 0 spiro atoms. The van der Waals surface area contributed by atoms with Crippen LogP contribution in [0.2, 0.25) is 0 Å². The molecule has 0 aliphatic heterocycles. The van der Waals surface area contributed by atoms with E-state index >= 15 is 0 Å². The van der Waals surface area contributed by atoms with Gasteiger partial charge >= 0.3 is 0 Å². The van der Waals surface area contributed by atoms with Crippen LogP contribution in [-0.4, -0.2) is 12.1 Å². The van der Waals surface area contributed by atoms with Crippen LogP contribution in [0.5, 0.6) is 5.88 Å². The molecule has 17 heavy (non-hydrogen) atoms. The van der Waals surface area contributed by atoms with Crippen molar-refractivity contribution in [3.8, 4) is 5.88 Å². The summed E-state index contributed by atoms with van der Waals surface area (Å²) >= 11 is 1.72. The van der Waals surface area contributed by atoms with Crippen molar-refractivity contribution in [3.05, 3.63) is 48.2 Å². The Morgan fingerprint density at radius 2 is 2.18 bits per heavy atom. The topological polar surface area (TPSA) is 48.1 Å². The van der Waals surface area contributed by atoms with E-state index in [4.69, 9.17) is 10.5 Å². The van der Waals surface area contributed by atoms with Gasteiger partial charge in [-0.25, -0.2) is 4.98 Å². The Balaban J connectivity index is 2.07. The smallest absolute Gasteiger partial charge is 0.217 e. The average molecular weight is 246 g/mol. The van der Waals surface area contributed by atoms with E-state index in [1.54, 1.807) is 25.1 Å². The lowest BCUT2D eigenvalue weighted by atomic mass is 10.3. The van der Waals surface area contributed by atoms with Crippen molar-refractivity contribution in [1.29, 1.82) is 0 Å². The van der Waals surface area contributed by atoms with Crippen LogP contribution in [0.25, 0.3) is 0 Å². The summed E-state index contributed by atoms with van der Waals surface area (Å²) in [5, 5.41) is 0. The maximum absolute atomic E-state index is 5.73. The van der Waals surface area contributed by atoms with Gasteiger partial charge in [0.2, 0.25) is 5.88 Å². The molecule has 0 saturated heterocycles. The molecule has 0 saturated carbocycles. The number of ether oxygens (including phenoxy) is 1. The molecule has 3 nitrogen and oxygen atoms in total. The van der Waals surface area contributed by atoms with Crippen LogP contribution < -0.4 is 10.5 Å². The highest BCUT2D eigenvalue weighted by Gasteiger charge is 2.03. The lowest BCUT2D eigenvalue weighted by Gasteiger charge is -2.06. The summed E-state index contributed by atoms with van der Waals surface area (Å²) < 4.78 is 5.21. The molecule has 88 valence electrons. The number of hydrogen-bond acceptors (Lipinski definition) is 4. The van der Waals surface area contributed by atoms with Gasteiger partial charge < -0.3 is 10.5 Å². The fourth-order valence-electron chi connectivity index (χ4n) is 1.48. The molecule has 0 amide bonds. The first-order valence-electron chi connectivity index (χ1n) is 5.26. The van der Waals surface area contributed by atoms with Crippen molar-refractivity contribution in [1.82, 2.24) is 4.98 Å². The highest BCUT2D eigenvalue weighted by molar-refractivity contribution is 7.98. The molecule has 0 unspecified atom stereocenters. The number of nitrogens with zero attached hydrogens (tertiary/aromatic N) is 1. The Bertz CT molecular complexity index is 502. The first-order valence-corrected chi connectivity index (χ1v) is 6.24. The average Bonchev–Trinajstić information content (AvgIpc) is 2.37. The predicted molar refractivity (Wildman–Crippen MR) is 71.2 cm³/mol. The summed E-state index contributed by atoms with van der Waals surface area (Å²) in [7, 11) is 1.64. The second-order valence-corrected chi connectivity index (χ2v) is 4.58. The van der Waals surface area contributed by atoms with Crippen molar-refractivity contribution in [2.24, 2.45) is 0 Å². The van der Waals surface area contributed by atoms with Gasteiger partial charge in [0.15, 0.2) is 0 Å². The highest BCUT2D eigenvalue weighted by Crippen LogP contribution is 2.27. The van der Waals surface area contributed by atoms with Crippen LogP contribution in [0.4, 0.5) is 5.69 Å². The van der Waals surface area contributed by atoms with Gasteiger partial charge in [-0.3, -0.25) is 0 Å². The largest absolute Gasteiger partial charge is 0.481 e. The van der Waals surface area contributed by atoms with E-state index in [-0.39, 0.29) is 0 Å². The molecule has 0 radical (unpaired) electrons. The molecular formula is C13H14N2OS. The maximum Gasteiger partial charge on any atom is 0.217 e. The molecule has 0 aliphatic rings. The van der Waals surface area contributed by atoms with Gasteiger partial charge in [-0.2, -0.15) is 0 Å². The lowest BCUT2D eigenvalue weighted by Crippen LogP contribution is -1.93. The number of methoxy groups -OCH3 is 1. The van der Waals surface area contributed by atoms with Crippen LogP contribution in [0.1, 0.15) is 5.56 Å². The summed E-state index contributed by atoms with van der Waals surface area (Å²) in [4.78, 5) is 5.32. The fourth-order valence-corrected chi connectivity index (χ4v) is 2.42. The number of benzene rings is 1. The number of rotatable bonds is 4. The summed E-state index contributed by atoms with van der Waals surface area (Å²) in [5.74, 6) is 1.50. The lowest BCUT2D eigenvalue weighted by molar-refractivity contribution is 0.394. The zero-order valence-electron chi connectivity index (χ0n) is 9.59. The third kappa shape index (κ3) is 3.14. The van der Waals surface area contributed by atoms with Gasteiger partial charge in [-0.05, 0) is 24.3 Å². The third-order valence-electron chi connectivity index (χ3n) is 2.30. The van der Waals surface area contributed by atoms with Crippen molar-refractivity contribution in [3.63, 3.8) is 0 Å². The Labute approximate surface area is 105 Å². The Kier molecular flexibility index (Phi) is 3.88. The summed E-state index contributed by atoms with van der Waals surface area (Å²) in [5.41, 5.74) is 7.60. The van der Waals surface area contributed by atoms with Crippen molar-refractivity contribution < 1.29 is 4.74 Å². The second-order valence-electron chi connectivity index (χ2n) is 3.53. The maximum atomic E-state index is 5.73. The van der Waals surface area contributed by atoms with Gasteiger partial charge in [0, 0.05) is 28.1 Å². The molecule has 1 aromatic carbocycles. The minimum absolute atomic E-state index is 0.684. The first-order chi connectivity index (χ1) is 8.29. The zero-order valence-corrected chi connectivity index (χ0v) is 10.4. The van der Waals surface area contributed by atoms with Crippen molar-refractivity contribution >= 4 is 17.4 Å². The number of thioether (sulfide) groups is 1. The number of nitrogen functional groups attached to an aromatic ring is 1. The quantitative estimate of drug-likeness (QED) is 0.665. The minimum atomic E-state index is 0.684. The fraction of sp³-hybridized carbons (Fsp3) is 0.154. The molecule has 0 atom stereocenters. The first kappa shape index (κ1) is 11.8. The molecule has 2 rings (SSSR count). The molecule has 4 heteroatoms. The van der Waals surface area contributed by atoms with E-state index in [2.05, 4.69) is 4.98 Å². The monoisotopic (exact) mass is 246 g/mol. The van der Waals surface area contributed by atoms with E-state index in [1.807, 2.05) is 36.4 Å². The Morgan fingerprint density at radius 1 is 1.29 bits per heavy atom. The molecule has 0 bridgehead atoms. The van der Waals surface area contributed by atoms with Gasteiger partial charge in [-0.15, -0.1) is 11.8 Å². The van der Waals surface area contributed by atoms with Gasteiger partial charge in [0.25, 0.3) is 0 Å². The number of hydrogen-bond donors (Lipinski definition) is 1. The summed E-state index contributed by atoms with van der Waals surface area (Å²) in [6.45, 7) is 0. The number of nitrogens with two attached hydrogens (primary N) is 1. The minimum Gasteiger partial charge on any atom is -0.481 e.